The van der Waals surface area contributed by atoms with Crippen LogP contribution in [0, 0.1) is 0 Å². The third kappa shape index (κ3) is 8.73. The van der Waals surface area contributed by atoms with Crippen molar-refractivity contribution in [2.75, 3.05) is 4.90 Å². The first kappa shape index (κ1) is 62.0. The smallest absolute Gasteiger partial charge is 0.252 e. The van der Waals surface area contributed by atoms with Crippen molar-refractivity contribution in [2.24, 2.45) is 0 Å². The lowest BCUT2D eigenvalue weighted by Crippen LogP contribution is -2.60. The largest absolute Gasteiger partial charge is 0.311 e. The van der Waals surface area contributed by atoms with Crippen LogP contribution in [0.15, 0.2) is 334 Å². The minimum Gasteiger partial charge on any atom is -0.311 e. The van der Waals surface area contributed by atoms with Crippen LogP contribution in [0.1, 0.15) is 52.7 Å². The van der Waals surface area contributed by atoms with Crippen LogP contribution in [-0.2, 0) is 10.8 Å². The van der Waals surface area contributed by atoms with E-state index in [0.29, 0.717) is 0 Å². The summed E-state index contributed by atoms with van der Waals surface area (Å²) in [6.07, 6.45) is 0. The molecule has 109 heavy (non-hydrogen) atoms. The van der Waals surface area contributed by atoms with Gasteiger partial charge in [0, 0.05) is 88.3 Å². The molecule has 512 valence electrons. The molecule has 3 aromatic heterocycles. The van der Waals surface area contributed by atoms with Crippen molar-refractivity contribution in [3.63, 3.8) is 0 Å². The van der Waals surface area contributed by atoms with Crippen LogP contribution in [0.25, 0.3) is 180 Å². The van der Waals surface area contributed by atoms with Gasteiger partial charge >= 0.3 is 0 Å². The fourth-order valence-corrected chi connectivity index (χ4v) is 19.8. The molecule has 0 amide bonds. The van der Waals surface area contributed by atoms with Crippen molar-refractivity contribution in [3.05, 3.63) is 345 Å². The number of hydrogen-bond donors (Lipinski definition) is 0. The van der Waals surface area contributed by atoms with Crippen molar-refractivity contribution < 1.29 is 0 Å². The van der Waals surface area contributed by atoms with E-state index >= 15 is 0 Å². The van der Waals surface area contributed by atoms with E-state index in [1.165, 1.54) is 180 Å². The molecule has 0 saturated heterocycles. The molecular formula is C104H73BN4. The summed E-state index contributed by atoms with van der Waals surface area (Å²) >= 11 is 0. The quantitative estimate of drug-likeness (QED) is 0.120. The Balaban J connectivity index is 0.918. The summed E-state index contributed by atoms with van der Waals surface area (Å²) in [5, 5.41) is 22.7. The molecule has 4 nitrogen and oxygen atoms in total. The van der Waals surface area contributed by atoms with Gasteiger partial charge in [-0.2, -0.15) is 0 Å². The summed E-state index contributed by atoms with van der Waals surface area (Å²) in [5.41, 5.74) is 27.3. The molecular weight excluding hydrogens is 1320 g/mol. The molecule has 0 unspecified atom stereocenters. The van der Waals surface area contributed by atoms with Gasteiger partial charge in [-0.3, -0.25) is 0 Å². The van der Waals surface area contributed by atoms with E-state index in [1.807, 2.05) is 0 Å². The second-order valence-corrected chi connectivity index (χ2v) is 32.6. The van der Waals surface area contributed by atoms with Crippen molar-refractivity contribution >= 4 is 170 Å². The van der Waals surface area contributed by atoms with Gasteiger partial charge in [0.1, 0.15) is 0 Å². The lowest BCUT2D eigenvalue weighted by molar-refractivity contribution is 0.590. The summed E-state index contributed by atoms with van der Waals surface area (Å²) in [6.45, 7) is 13.9. The van der Waals surface area contributed by atoms with Crippen molar-refractivity contribution in [1.29, 1.82) is 0 Å². The molecule has 0 saturated carbocycles. The number of para-hydroxylation sites is 6. The Morgan fingerprint density at radius 1 is 0.229 bits per heavy atom. The molecule has 0 spiro atoms. The zero-order chi connectivity index (χ0) is 72.4. The minimum absolute atomic E-state index is 0.0595. The third-order valence-corrected chi connectivity index (χ3v) is 24.6. The molecule has 0 radical (unpaired) electrons. The Morgan fingerprint density at radius 3 is 1.28 bits per heavy atom. The lowest BCUT2D eigenvalue weighted by Gasteiger charge is -2.41. The highest BCUT2D eigenvalue weighted by Gasteiger charge is 2.44. The van der Waals surface area contributed by atoms with Gasteiger partial charge in [-0.25, -0.2) is 0 Å². The van der Waals surface area contributed by atoms with Gasteiger partial charge in [-0.1, -0.05) is 296 Å². The van der Waals surface area contributed by atoms with Crippen LogP contribution in [0.5, 0.6) is 0 Å². The first-order valence-corrected chi connectivity index (χ1v) is 38.5. The summed E-state index contributed by atoms with van der Waals surface area (Å²) in [6, 6.07) is 128. The van der Waals surface area contributed by atoms with Crippen molar-refractivity contribution in [2.45, 2.75) is 52.4 Å². The average molecular weight is 1390 g/mol. The molecule has 0 atom stereocenters. The van der Waals surface area contributed by atoms with Gasteiger partial charge < -0.3 is 18.6 Å². The van der Waals surface area contributed by atoms with Gasteiger partial charge in [0.05, 0.1) is 33.1 Å². The Hall–Kier alpha value is -13.2. The van der Waals surface area contributed by atoms with Crippen LogP contribution < -0.4 is 21.3 Å². The Kier molecular flexibility index (Phi) is 12.9. The van der Waals surface area contributed by atoms with E-state index in [0.717, 1.165) is 44.9 Å². The maximum atomic E-state index is 2.76. The average Bonchev–Trinajstić information content (AvgIpc) is 1.55. The van der Waals surface area contributed by atoms with Gasteiger partial charge in [0.25, 0.3) is 6.71 Å². The lowest BCUT2D eigenvalue weighted by atomic mass is 9.33. The molecule has 21 aromatic rings. The number of benzene rings is 18. The molecule has 2 aliphatic rings. The SMILES string of the molecule is CC(C)(C)c1ccc(N2c3ccc(C(C)(C)C)cc3B3c4c2cc(-c2ccc(-c5cccc6c7ccccc7n(-c7ccccc7)c56)cc2-c2cccc5c6ccccc6n(-c6ccccc6)c25)cc4-n2c4ccc5c6ccccc6c6ccccc6c5c4c4c5c6ccccc6c6ccccc6c5cc3c42)cc1. The molecule has 23 rings (SSSR count). The first-order valence-electron chi connectivity index (χ1n) is 38.5. The van der Waals surface area contributed by atoms with Gasteiger partial charge in [-0.15, -0.1) is 0 Å². The third-order valence-electron chi connectivity index (χ3n) is 24.6. The van der Waals surface area contributed by atoms with Crippen LogP contribution >= 0.6 is 0 Å². The predicted octanol–water partition coefficient (Wildman–Crippen LogP) is 26.1. The van der Waals surface area contributed by atoms with E-state index < -0.39 is 0 Å². The molecule has 5 heterocycles. The molecule has 0 fully saturated rings. The number of fused-ring (bicyclic) bond motifs is 27. The summed E-state index contributed by atoms with van der Waals surface area (Å²) < 4.78 is 7.77. The number of hydrogen-bond acceptors (Lipinski definition) is 1. The second kappa shape index (κ2) is 22.7. The fourth-order valence-electron chi connectivity index (χ4n) is 19.8. The maximum absolute atomic E-state index is 2.76. The van der Waals surface area contributed by atoms with Gasteiger partial charge in [0.2, 0.25) is 0 Å². The summed E-state index contributed by atoms with van der Waals surface area (Å²) in [4.78, 5) is 2.64. The summed E-state index contributed by atoms with van der Waals surface area (Å²) in [5.74, 6) is 0. The normalized spacial score (nSPS) is 13.0. The highest BCUT2D eigenvalue weighted by Crippen LogP contribution is 2.53. The maximum Gasteiger partial charge on any atom is 0.252 e. The van der Waals surface area contributed by atoms with Crippen molar-refractivity contribution in [3.8, 4) is 50.4 Å². The fraction of sp³-hybridized carbons (Fsp3) is 0.0769. The number of rotatable bonds is 6. The van der Waals surface area contributed by atoms with E-state index in [-0.39, 0.29) is 17.5 Å². The standard InChI is InChI=1S/C104H73BN4/c1-103(2,3)64-48-51-68(52-49-64)106-91-55-50-65(104(4,5)6)60-87(91)105-88-61-86-76-36-16-14-32-72(76)74-34-18-20-40-80(74)96(86)98-97-92(56-54-81-75-35-15-13-31-71(75)73-33-17-19-39-79(73)95(81)97)109(102(88)98)94-59-63(58-93(106)99(94)105)69-53-47-62(70-41-25-42-82-77-37-21-23-45-89(77)107(100(70)82)66-27-9-7-10-28-66)57-85(69)84-44-26-43-83-78-38-22-24-46-90(78)108(101(83)84)67-29-11-8-12-30-67/h7-61H,1-6H3. The number of aromatic nitrogens is 3. The molecule has 2 aliphatic heterocycles. The van der Waals surface area contributed by atoms with Crippen molar-refractivity contribution in [1.82, 2.24) is 13.7 Å². The molecule has 0 N–H and O–H groups in total. The van der Waals surface area contributed by atoms with Crippen LogP contribution in [0.2, 0.25) is 0 Å². The Labute approximate surface area is 632 Å². The predicted molar refractivity (Wildman–Crippen MR) is 468 cm³/mol. The first-order chi connectivity index (χ1) is 53.4. The highest BCUT2D eigenvalue weighted by molar-refractivity contribution is 7.00. The topological polar surface area (TPSA) is 18.0 Å². The number of nitrogens with zero attached hydrogens (tertiary/aromatic N) is 4. The van der Waals surface area contributed by atoms with Crippen LogP contribution in [-0.4, -0.2) is 20.4 Å². The zero-order valence-corrected chi connectivity index (χ0v) is 61.6. The molecule has 0 bridgehead atoms. The van der Waals surface area contributed by atoms with Crippen LogP contribution in [0.4, 0.5) is 17.1 Å². The van der Waals surface area contributed by atoms with Gasteiger partial charge in [0.15, 0.2) is 0 Å². The van der Waals surface area contributed by atoms with E-state index in [9.17, 15) is 0 Å². The van der Waals surface area contributed by atoms with Crippen LogP contribution in [0.3, 0.4) is 0 Å². The Bertz CT molecular complexity index is 7510. The van der Waals surface area contributed by atoms with Gasteiger partial charge in [-0.05, 0) is 193 Å². The molecule has 0 aliphatic carbocycles. The minimum atomic E-state index is -0.187. The highest BCUT2D eigenvalue weighted by atomic mass is 15.2. The molecule has 5 heteroatoms. The van der Waals surface area contributed by atoms with E-state index in [1.54, 1.807) is 0 Å². The molecule has 18 aromatic carbocycles. The number of anilines is 3. The zero-order valence-electron chi connectivity index (χ0n) is 61.6. The second-order valence-electron chi connectivity index (χ2n) is 32.6. The summed E-state index contributed by atoms with van der Waals surface area (Å²) in [7, 11) is 0. The Morgan fingerprint density at radius 2 is 0.697 bits per heavy atom. The van der Waals surface area contributed by atoms with E-state index in [2.05, 4.69) is 394 Å². The van der Waals surface area contributed by atoms with E-state index in [4.69, 9.17) is 0 Å². The monoisotopic (exact) mass is 1390 g/mol.